The summed E-state index contributed by atoms with van der Waals surface area (Å²) in [6.45, 7) is 9.15. The van der Waals surface area contributed by atoms with Crippen molar-refractivity contribution in [1.82, 2.24) is 0 Å². The molecule has 0 fully saturated rings. The molecule has 1 aromatic rings. The maximum absolute atomic E-state index is 11.6. The van der Waals surface area contributed by atoms with E-state index in [1.165, 1.54) is 29.9 Å². The van der Waals surface area contributed by atoms with E-state index in [1.54, 1.807) is 12.1 Å². The topological polar surface area (TPSA) is 58.6 Å². The molecule has 0 saturated heterocycles. The first-order chi connectivity index (χ1) is 12.8. The van der Waals surface area contributed by atoms with Gasteiger partial charge in [-0.05, 0) is 71.6 Å². The van der Waals surface area contributed by atoms with Gasteiger partial charge in [-0.2, -0.15) is 0 Å². The summed E-state index contributed by atoms with van der Waals surface area (Å²) in [5, 5.41) is 13.1. The van der Waals surface area contributed by atoms with Crippen LogP contribution in [0.5, 0.6) is 5.75 Å². The van der Waals surface area contributed by atoms with Gasteiger partial charge in [0.25, 0.3) is 0 Å². The average Bonchev–Trinajstić information content (AvgIpc) is 2.62. The van der Waals surface area contributed by atoms with Crippen molar-refractivity contribution < 1.29 is 14.6 Å². The zero-order chi connectivity index (χ0) is 20.2. The van der Waals surface area contributed by atoms with Gasteiger partial charge in [0.1, 0.15) is 5.75 Å². The number of methoxy groups -OCH3 is 1. The maximum atomic E-state index is 11.6. The number of hydrogen-bond donors (Lipinski definition) is 2. The minimum absolute atomic E-state index is 0.114. The van der Waals surface area contributed by atoms with Crippen LogP contribution in [0.4, 0.5) is 5.69 Å². The zero-order valence-electron chi connectivity index (χ0n) is 17.3. The lowest BCUT2D eigenvalue weighted by Gasteiger charge is -2.09. The minimum Gasteiger partial charge on any atom is -0.506 e. The largest absolute Gasteiger partial charge is 0.506 e. The highest BCUT2D eigenvalue weighted by Gasteiger charge is 2.08. The van der Waals surface area contributed by atoms with Crippen molar-refractivity contribution in [2.24, 2.45) is 0 Å². The summed E-state index contributed by atoms with van der Waals surface area (Å²) < 4.78 is 4.70. The Morgan fingerprint density at radius 1 is 1.04 bits per heavy atom. The predicted molar refractivity (Wildman–Crippen MR) is 113 cm³/mol. The fourth-order valence-corrected chi connectivity index (χ4v) is 2.60. The van der Waals surface area contributed by atoms with Crippen LogP contribution in [-0.4, -0.2) is 24.7 Å². The van der Waals surface area contributed by atoms with E-state index in [9.17, 15) is 9.90 Å². The van der Waals surface area contributed by atoms with Crippen LogP contribution in [0.15, 0.2) is 53.1 Å². The maximum Gasteiger partial charge on any atom is 0.337 e. The third kappa shape index (κ3) is 9.13. The Morgan fingerprint density at radius 3 is 2.30 bits per heavy atom. The van der Waals surface area contributed by atoms with Gasteiger partial charge in [0.15, 0.2) is 0 Å². The molecule has 4 nitrogen and oxygen atoms in total. The van der Waals surface area contributed by atoms with E-state index in [0.717, 1.165) is 25.7 Å². The van der Waals surface area contributed by atoms with E-state index in [1.807, 2.05) is 0 Å². The van der Waals surface area contributed by atoms with Gasteiger partial charge in [0.05, 0.1) is 18.4 Å². The molecule has 0 aromatic heterocycles. The monoisotopic (exact) mass is 371 g/mol. The van der Waals surface area contributed by atoms with Crippen LogP contribution in [0.2, 0.25) is 0 Å². The molecular formula is C23H33NO3. The molecule has 2 N–H and O–H groups in total. The van der Waals surface area contributed by atoms with Gasteiger partial charge in [0, 0.05) is 6.54 Å². The second-order valence-electron chi connectivity index (χ2n) is 7.06. The molecule has 0 aliphatic carbocycles. The highest BCUT2D eigenvalue weighted by atomic mass is 16.5. The van der Waals surface area contributed by atoms with E-state index < -0.39 is 5.97 Å². The number of allylic oxidation sites excluding steroid dienone is 5. The molecule has 148 valence electrons. The van der Waals surface area contributed by atoms with Gasteiger partial charge in [-0.3, -0.25) is 0 Å². The van der Waals surface area contributed by atoms with Crippen molar-refractivity contribution in [1.29, 1.82) is 0 Å². The zero-order valence-corrected chi connectivity index (χ0v) is 17.3. The minimum atomic E-state index is -0.420. The molecule has 0 radical (unpaired) electrons. The Bertz CT molecular complexity index is 710. The molecule has 0 unspecified atom stereocenters. The van der Waals surface area contributed by atoms with Crippen LogP contribution in [-0.2, 0) is 4.74 Å². The molecule has 1 aromatic carbocycles. The number of phenolic OH excluding ortho intramolecular Hbond substituents is 1. The fraction of sp³-hybridized carbons (Fsp3) is 0.435. The lowest BCUT2D eigenvalue weighted by molar-refractivity contribution is 0.0601. The van der Waals surface area contributed by atoms with Crippen molar-refractivity contribution in [2.45, 2.75) is 53.4 Å². The number of rotatable bonds is 10. The van der Waals surface area contributed by atoms with Gasteiger partial charge in [0.2, 0.25) is 0 Å². The molecule has 27 heavy (non-hydrogen) atoms. The molecule has 0 atom stereocenters. The first kappa shape index (κ1) is 22.6. The van der Waals surface area contributed by atoms with Gasteiger partial charge >= 0.3 is 5.97 Å². The number of aromatic hydroxyl groups is 1. The SMILES string of the molecule is COC(=O)c1ccc(O)c(NCC=C(C)CCC=C(C)CCC=C(C)C)c1. The molecule has 4 heteroatoms. The lowest BCUT2D eigenvalue weighted by Crippen LogP contribution is -2.04. The van der Waals surface area contributed by atoms with Crippen molar-refractivity contribution in [3.05, 3.63) is 58.7 Å². The van der Waals surface area contributed by atoms with Gasteiger partial charge in [-0.1, -0.05) is 34.9 Å². The Labute approximate surface area is 163 Å². The number of nitrogens with one attached hydrogen (secondary N) is 1. The average molecular weight is 372 g/mol. The van der Waals surface area contributed by atoms with Gasteiger partial charge in [-0.25, -0.2) is 4.79 Å². The van der Waals surface area contributed by atoms with Crippen LogP contribution >= 0.6 is 0 Å². The van der Waals surface area contributed by atoms with Crippen LogP contribution in [0.3, 0.4) is 0 Å². The number of phenols is 1. The van der Waals surface area contributed by atoms with Gasteiger partial charge in [-0.15, -0.1) is 0 Å². The Morgan fingerprint density at radius 2 is 1.67 bits per heavy atom. The Balaban J connectivity index is 2.47. The number of benzene rings is 1. The first-order valence-electron chi connectivity index (χ1n) is 9.43. The van der Waals surface area contributed by atoms with Crippen molar-refractivity contribution in [2.75, 3.05) is 19.0 Å². The summed E-state index contributed by atoms with van der Waals surface area (Å²) in [6, 6.07) is 4.64. The van der Waals surface area contributed by atoms with E-state index in [2.05, 4.69) is 51.2 Å². The number of ether oxygens (including phenoxy) is 1. The summed E-state index contributed by atoms with van der Waals surface area (Å²) in [7, 11) is 1.34. The predicted octanol–water partition coefficient (Wildman–Crippen LogP) is 6.01. The standard InChI is InChI=1S/C23H33NO3/c1-17(2)8-6-9-18(3)10-7-11-19(4)14-15-24-21-16-20(23(26)27-5)12-13-22(21)25/h8,10,12-14,16,24-25H,6-7,9,11,15H2,1-5H3. The molecule has 1 rings (SSSR count). The fourth-order valence-electron chi connectivity index (χ4n) is 2.60. The third-order valence-electron chi connectivity index (χ3n) is 4.28. The molecule has 0 aliphatic rings. The van der Waals surface area contributed by atoms with Crippen LogP contribution in [0.25, 0.3) is 0 Å². The molecule has 0 amide bonds. The summed E-state index contributed by atoms with van der Waals surface area (Å²) in [5.41, 5.74) is 5.03. The van der Waals surface area contributed by atoms with E-state index >= 15 is 0 Å². The summed E-state index contributed by atoms with van der Waals surface area (Å²) in [5.74, 6) is -0.305. The highest BCUT2D eigenvalue weighted by molar-refractivity contribution is 5.91. The van der Waals surface area contributed by atoms with E-state index in [4.69, 9.17) is 4.74 Å². The normalized spacial score (nSPS) is 11.9. The van der Waals surface area contributed by atoms with Crippen molar-refractivity contribution in [3.63, 3.8) is 0 Å². The second-order valence-corrected chi connectivity index (χ2v) is 7.06. The van der Waals surface area contributed by atoms with Crippen LogP contribution < -0.4 is 5.32 Å². The van der Waals surface area contributed by atoms with E-state index in [-0.39, 0.29) is 5.75 Å². The summed E-state index contributed by atoms with van der Waals surface area (Å²) >= 11 is 0. The third-order valence-corrected chi connectivity index (χ3v) is 4.28. The molecule has 0 aliphatic heterocycles. The number of hydrogen-bond acceptors (Lipinski definition) is 4. The molecule has 0 saturated carbocycles. The number of carbonyl (C=O) groups is 1. The number of anilines is 1. The highest BCUT2D eigenvalue weighted by Crippen LogP contribution is 2.24. The number of esters is 1. The molecular weight excluding hydrogens is 338 g/mol. The Kier molecular flexibility index (Phi) is 10.0. The molecule has 0 heterocycles. The summed E-state index contributed by atoms with van der Waals surface area (Å²) in [6.07, 6.45) is 11.0. The van der Waals surface area contributed by atoms with Crippen molar-refractivity contribution >= 4 is 11.7 Å². The van der Waals surface area contributed by atoms with Crippen molar-refractivity contribution in [3.8, 4) is 5.75 Å². The molecule has 0 spiro atoms. The Hall–Kier alpha value is -2.49. The lowest BCUT2D eigenvalue weighted by atomic mass is 10.1. The van der Waals surface area contributed by atoms with Gasteiger partial charge < -0.3 is 15.2 Å². The van der Waals surface area contributed by atoms with Crippen LogP contribution in [0.1, 0.15) is 63.7 Å². The number of carbonyl (C=O) groups excluding carboxylic acids is 1. The second kappa shape index (κ2) is 12.0. The van der Waals surface area contributed by atoms with Crippen LogP contribution in [0, 0.1) is 0 Å². The van der Waals surface area contributed by atoms with E-state index in [0.29, 0.717) is 17.8 Å². The molecule has 0 bridgehead atoms. The summed E-state index contributed by atoms with van der Waals surface area (Å²) in [4.78, 5) is 11.6. The smallest absolute Gasteiger partial charge is 0.337 e. The first-order valence-corrected chi connectivity index (χ1v) is 9.43. The quantitative estimate of drug-likeness (QED) is 0.300.